The molecule has 0 radical (unpaired) electrons. The van der Waals surface area contributed by atoms with Crippen molar-refractivity contribution in [2.24, 2.45) is 0 Å². The molecule has 2 N–H and O–H groups in total. The summed E-state index contributed by atoms with van der Waals surface area (Å²) in [5.41, 5.74) is 6.58. The summed E-state index contributed by atoms with van der Waals surface area (Å²) in [6.07, 6.45) is 5.13. The van der Waals surface area contributed by atoms with Crippen molar-refractivity contribution < 1.29 is 24.0 Å². The van der Waals surface area contributed by atoms with E-state index in [-0.39, 0.29) is 48.3 Å². The molecular formula is C43H40N8O5. The maximum atomic E-state index is 13.1. The molecule has 8 rings (SSSR count). The third-order valence-corrected chi connectivity index (χ3v) is 10.7. The number of hydrogen-bond acceptors (Lipinski definition) is 8. The van der Waals surface area contributed by atoms with E-state index in [2.05, 4.69) is 45.0 Å². The summed E-state index contributed by atoms with van der Waals surface area (Å²) in [5, 5.41) is 7.23. The monoisotopic (exact) mass is 748 g/mol. The van der Waals surface area contributed by atoms with Gasteiger partial charge in [0.2, 0.25) is 17.7 Å². The Morgan fingerprint density at radius 3 is 2.59 bits per heavy atom. The summed E-state index contributed by atoms with van der Waals surface area (Å²) >= 11 is 0. The number of nitrogens with zero attached hydrogens (tertiary/aromatic N) is 6. The fourth-order valence-electron chi connectivity index (χ4n) is 7.76. The van der Waals surface area contributed by atoms with Crippen molar-refractivity contribution in [2.75, 3.05) is 6.54 Å². The van der Waals surface area contributed by atoms with E-state index in [1.165, 1.54) is 4.90 Å². The molecule has 0 saturated carbocycles. The molecule has 0 spiro atoms. The Kier molecular flexibility index (Phi) is 9.64. The summed E-state index contributed by atoms with van der Waals surface area (Å²) < 4.78 is 2.24. The number of imidazole rings is 1. The molecule has 1 unspecified atom stereocenters. The Labute approximate surface area is 323 Å². The third-order valence-electron chi connectivity index (χ3n) is 10.7. The van der Waals surface area contributed by atoms with Crippen molar-refractivity contribution in [3.8, 4) is 34.4 Å². The van der Waals surface area contributed by atoms with Crippen LogP contribution in [0.2, 0.25) is 0 Å². The minimum Gasteiger partial charge on any atom is -0.347 e. The lowest BCUT2D eigenvalue weighted by Crippen LogP contribution is -2.52. The van der Waals surface area contributed by atoms with Crippen molar-refractivity contribution in [1.82, 2.24) is 40.0 Å². The van der Waals surface area contributed by atoms with E-state index in [0.29, 0.717) is 37.1 Å². The molecule has 0 bridgehead atoms. The number of aryl methyl sites for hydroxylation is 1. The number of imide groups is 1. The van der Waals surface area contributed by atoms with Crippen LogP contribution in [0.4, 0.5) is 0 Å². The van der Waals surface area contributed by atoms with Crippen LogP contribution in [0, 0.1) is 11.8 Å². The van der Waals surface area contributed by atoms with E-state index in [1.807, 2.05) is 48.4 Å². The summed E-state index contributed by atoms with van der Waals surface area (Å²) in [6.45, 7) is 7.72. The molecule has 5 amide bonds. The van der Waals surface area contributed by atoms with Gasteiger partial charge in [0.1, 0.15) is 17.6 Å². The first-order chi connectivity index (χ1) is 27.1. The normalized spacial score (nSPS) is 16.8. The number of carbonyl (C=O) groups is 5. The zero-order valence-electron chi connectivity index (χ0n) is 31.4. The highest BCUT2D eigenvalue weighted by molar-refractivity contribution is 6.05. The highest BCUT2D eigenvalue weighted by atomic mass is 16.2. The molecule has 2 atom stereocenters. The number of rotatable bonds is 7. The number of amides is 5. The van der Waals surface area contributed by atoms with Crippen LogP contribution >= 0.6 is 0 Å². The van der Waals surface area contributed by atoms with E-state index in [4.69, 9.17) is 9.97 Å². The number of aromatic nitrogens is 4. The van der Waals surface area contributed by atoms with Gasteiger partial charge in [-0.3, -0.25) is 39.3 Å². The molecule has 282 valence electrons. The zero-order chi connectivity index (χ0) is 39.1. The largest absolute Gasteiger partial charge is 0.347 e. The van der Waals surface area contributed by atoms with Gasteiger partial charge in [-0.05, 0) is 54.6 Å². The average molecular weight is 749 g/mol. The molecule has 1 saturated heterocycles. The zero-order valence-corrected chi connectivity index (χ0v) is 31.4. The van der Waals surface area contributed by atoms with Gasteiger partial charge in [0.15, 0.2) is 0 Å². The first kappa shape index (κ1) is 36.3. The van der Waals surface area contributed by atoms with Crippen molar-refractivity contribution in [3.63, 3.8) is 0 Å². The highest BCUT2D eigenvalue weighted by Crippen LogP contribution is 2.35. The standard InChI is InChI=1S/C43H40N8O5/c1-4-38-47-40(37-24-49(26(3)52)18-19-50(37)38)30-12-7-11-28-20-35(45-22-32(28)30)29-14-15-34(44-21-29)41(54)46-25(2)8-5-9-27-10-6-13-31-33(27)23-51(43(31)56)36-16-17-39(53)48-42(36)55/h6-7,10-15,20-22,25,36H,4,8,16-19,23-24H2,1-3H3,(H,46,54)(H,48,53,55)/t25-,36?/m1/s1. The van der Waals surface area contributed by atoms with Crippen LogP contribution in [-0.2, 0) is 40.4 Å². The average Bonchev–Trinajstić information content (AvgIpc) is 3.74. The predicted molar refractivity (Wildman–Crippen MR) is 208 cm³/mol. The Balaban J connectivity index is 0.926. The van der Waals surface area contributed by atoms with Gasteiger partial charge in [-0.1, -0.05) is 43.0 Å². The fourth-order valence-corrected chi connectivity index (χ4v) is 7.76. The van der Waals surface area contributed by atoms with Crippen LogP contribution < -0.4 is 10.6 Å². The molecule has 1 fully saturated rings. The molecule has 3 aliphatic rings. The van der Waals surface area contributed by atoms with Crippen LogP contribution in [0.3, 0.4) is 0 Å². The van der Waals surface area contributed by atoms with Crippen LogP contribution in [0.25, 0.3) is 33.3 Å². The van der Waals surface area contributed by atoms with Crippen molar-refractivity contribution in [1.29, 1.82) is 0 Å². The van der Waals surface area contributed by atoms with Gasteiger partial charge < -0.3 is 19.7 Å². The van der Waals surface area contributed by atoms with Gasteiger partial charge in [0.05, 0.1) is 23.6 Å². The quantitative estimate of drug-likeness (QED) is 0.183. The van der Waals surface area contributed by atoms with E-state index in [9.17, 15) is 24.0 Å². The molecule has 5 aromatic rings. The maximum Gasteiger partial charge on any atom is 0.270 e. The second kappa shape index (κ2) is 14.9. The number of benzene rings is 2. The molecule has 56 heavy (non-hydrogen) atoms. The lowest BCUT2D eigenvalue weighted by molar-refractivity contribution is -0.137. The van der Waals surface area contributed by atoms with Gasteiger partial charge in [-0.2, -0.15) is 0 Å². The van der Waals surface area contributed by atoms with Gasteiger partial charge in [-0.15, -0.1) is 0 Å². The number of carbonyl (C=O) groups excluding carboxylic acids is 5. The molecule has 0 aliphatic carbocycles. The van der Waals surface area contributed by atoms with Crippen molar-refractivity contribution >= 4 is 40.3 Å². The number of hydrogen-bond donors (Lipinski definition) is 2. The van der Waals surface area contributed by atoms with E-state index < -0.39 is 11.9 Å². The Bertz CT molecular complexity index is 2510. The highest BCUT2D eigenvalue weighted by Gasteiger charge is 2.39. The van der Waals surface area contributed by atoms with E-state index >= 15 is 0 Å². The number of piperidine rings is 1. The fraction of sp³-hybridized carbons (Fsp3) is 0.302. The number of nitrogens with one attached hydrogen (secondary N) is 2. The first-order valence-corrected chi connectivity index (χ1v) is 18.8. The van der Waals surface area contributed by atoms with E-state index in [0.717, 1.165) is 63.3 Å². The van der Waals surface area contributed by atoms with Gasteiger partial charge in [0.25, 0.3) is 11.8 Å². The molecule has 3 aliphatic heterocycles. The minimum atomic E-state index is -0.695. The second-order valence-electron chi connectivity index (χ2n) is 14.4. The maximum absolute atomic E-state index is 13.1. The summed E-state index contributed by atoms with van der Waals surface area (Å²) in [6, 6.07) is 15.9. The summed E-state index contributed by atoms with van der Waals surface area (Å²) in [5.74, 6) is 5.98. The van der Waals surface area contributed by atoms with Gasteiger partial charge in [0, 0.05) is 91.9 Å². The third kappa shape index (κ3) is 6.79. The van der Waals surface area contributed by atoms with Crippen molar-refractivity contribution in [2.45, 2.75) is 78.2 Å². The number of pyridine rings is 2. The molecule has 13 nitrogen and oxygen atoms in total. The van der Waals surface area contributed by atoms with Crippen LogP contribution in [-0.4, -0.2) is 77.5 Å². The topological polar surface area (TPSA) is 159 Å². The summed E-state index contributed by atoms with van der Waals surface area (Å²) in [4.78, 5) is 80.2. The van der Waals surface area contributed by atoms with Crippen LogP contribution in [0.15, 0.2) is 67.0 Å². The summed E-state index contributed by atoms with van der Waals surface area (Å²) in [7, 11) is 0. The second-order valence-corrected chi connectivity index (χ2v) is 14.4. The number of fused-ring (bicyclic) bond motifs is 3. The van der Waals surface area contributed by atoms with E-state index in [1.54, 1.807) is 31.3 Å². The van der Waals surface area contributed by atoms with Crippen LogP contribution in [0.5, 0.6) is 0 Å². The van der Waals surface area contributed by atoms with Gasteiger partial charge >= 0.3 is 0 Å². The van der Waals surface area contributed by atoms with Gasteiger partial charge in [-0.25, -0.2) is 4.98 Å². The Hall–Kier alpha value is -6.68. The smallest absolute Gasteiger partial charge is 0.270 e. The van der Waals surface area contributed by atoms with Crippen LogP contribution in [0.1, 0.15) is 83.5 Å². The molecule has 2 aromatic carbocycles. The van der Waals surface area contributed by atoms with Crippen molar-refractivity contribution in [3.05, 3.63) is 101 Å². The first-order valence-electron chi connectivity index (χ1n) is 18.8. The molecule has 13 heteroatoms. The molecule has 6 heterocycles. The molecular weight excluding hydrogens is 709 g/mol. The SMILES string of the molecule is CCc1nc(-c2cccc3cc(-c4ccc(C(=O)N[C@H](C)CC#Cc5cccc6c5CN(C5CCC(=O)NC5=O)C6=O)nc4)ncc23)c2n1CCN(C(C)=O)C2. The Morgan fingerprint density at radius 1 is 1.00 bits per heavy atom. The molecule has 3 aromatic heterocycles. The lowest BCUT2D eigenvalue weighted by Gasteiger charge is -2.29. The minimum absolute atomic E-state index is 0.0532. The Morgan fingerprint density at radius 2 is 1.82 bits per heavy atom. The lowest BCUT2D eigenvalue weighted by atomic mass is 10.0. The predicted octanol–water partition coefficient (Wildman–Crippen LogP) is 4.41.